The zero-order chi connectivity index (χ0) is 15.6. The van der Waals surface area contributed by atoms with E-state index in [1.807, 2.05) is 0 Å². The van der Waals surface area contributed by atoms with Crippen LogP contribution in [0, 0.1) is 6.92 Å². The number of methoxy groups -OCH3 is 1. The smallest absolute Gasteiger partial charge is 0.495 e. The minimum Gasteiger partial charge on any atom is -0.495 e. The highest BCUT2D eigenvalue weighted by atomic mass is 19.4. The van der Waals surface area contributed by atoms with Crippen molar-refractivity contribution in [3.63, 3.8) is 0 Å². The quantitative estimate of drug-likeness (QED) is 0.865. The number of aryl methyl sites for hydroxylation is 1. The van der Waals surface area contributed by atoms with Crippen LogP contribution >= 0.6 is 0 Å². The average molecular weight is 297 g/mol. The van der Waals surface area contributed by atoms with E-state index in [4.69, 9.17) is 10.5 Å². The van der Waals surface area contributed by atoms with Gasteiger partial charge in [0.15, 0.2) is 0 Å². The summed E-state index contributed by atoms with van der Waals surface area (Å²) in [4.78, 5) is 0. The first-order chi connectivity index (χ1) is 9.81. The standard InChI is InChI=1S/C15H14F3NO2/c1-9-7-12(19)14(20-2)8-11(9)10-5-3-4-6-13(10)21-15(16,17)18/h3-8H,19H2,1-2H3. The van der Waals surface area contributed by atoms with Gasteiger partial charge in [0, 0.05) is 5.56 Å². The van der Waals surface area contributed by atoms with Crippen molar-refractivity contribution < 1.29 is 22.6 Å². The van der Waals surface area contributed by atoms with Crippen molar-refractivity contribution in [2.24, 2.45) is 0 Å². The summed E-state index contributed by atoms with van der Waals surface area (Å²) in [6, 6.07) is 9.20. The number of hydrogen-bond donors (Lipinski definition) is 1. The minimum atomic E-state index is -4.75. The third kappa shape index (κ3) is 3.39. The molecule has 0 atom stereocenters. The molecule has 0 heterocycles. The molecule has 0 amide bonds. The van der Waals surface area contributed by atoms with Crippen LogP contribution in [0.3, 0.4) is 0 Å². The maximum Gasteiger partial charge on any atom is 0.573 e. The molecule has 0 aliphatic rings. The van der Waals surface area contributed by atoms with Crippen LogP contribution in [-0.2, 0) is 0 Å². The van der Waals surface area contributed by atoms with E-state index in [-0.39, 0.29) is 5.75 Å². The Hall–Kier alpha value is -2.37. The number of nitrogens with two attached hydrogens (primary N) is 1. The van der Waals surface area contributed by atoms with E-state index < -0.39 is 6.36 Å². The predicted octanol–water partition coefficient (Wildman–Crippen LogP) is 4.15. The van der Waals surface area contributed by atoms with Crippen molar-refractivity contribution in [3.8, 4) is 22.6 Å². The Morgan fingerprint density at radius 3 is 2.29 bits per heavy atom. The Bertz CT molecular complexity index is 654. The van der Waals surface area contributed by atoms with Crippen LogP contribution in [0.25, 0.3) is 11.1 Å². The largest absolute Gasteiger partial charge is 0.573 e. The monoisotopic (exact) mass is 297 g/mol. The van der Waals surface area contributed by atoms with E-state index in [9.17, 15) is 13.2 Å². The summed E-state index contributed by atoms with van der Waals surface area (Å²) in [6.07, 6.45) is -4.75. The molecule has 112 valence electrons. The Kier molecular flexibility index (Phi) is 3.97. The van der Waals surface area contributed by atoms with E-state index >= 15 is 0 Å². The maximum absolute atomic E-state index is 12.5. The van der Waals surface area contributed by atoms with Crippen molar-refractivity contribution in [2.45, 2.75) is 13.3 Å². The Labute approximate surface area is 120 Å². The number of ether oxygens (including phenoxy) is 2. The van der Waals surface area contributed by atoms with E-state index in [1.54, 1.807) is 31.2 Å². The molecule has 0 spiro atoms. The van der Waals surface area contributed by atoms with Crippen molar-refractivity contribution in [2.75, 3.05) is 12.8 Å². The Morgan fingerprint density at radius 2 is 1.67 bits per heavy atom. The first-order valence-corrected chi connectivity index (χ1v) is 6.11. The third-order valence-corrected chi connectivity index (χ3v) is 2.98. The molecular weight excluding hydrogens is 283 g/mol. The molecule has 0 aromatic heterocycles. The van der Waals surface area contributed by atoms with Crippen LogP contribution in [0.1, 0.15) is 5.56 Å². The summed E-state index contributed by atoms with van der Waals surface area (Å²) in [5.74, 6) is 0.136. The van der Waals surface area contributed by atoms with Gasteiger partial charge in [-0.1, -0.05) is 18.2 Å². The number of benzene rings is 2. The average Bonchev–Trinajstić information content (AvgIpc) is 2.38. The maximum atomic E-state index is 12.5. The zero-order valence-corrected chi connectivity index (χ0v) is 11.5. The second kappa shape index (κ2) is 5.55. The molecule has 0 radical (unpaired) electrons. The number of alkyl halides is 3. The lowest BCUT2D eigenvalue weighted by molar-refractivity contribution is -0.274. The number of para-hydroxylation sites is 1. The molecule has 2 aromatic rings. The van der Waals surface area contributed by atoms with Gasteiger partial charge in [0.05, 0.1) is 12.8 Å². The predicted molar refractivity (Wildman–Crippen MR) is 74.3 cm³/mol. The second-order valence-corrected chi connectivity index (χ2v) is 4.45. The summed E-state index contributed by atoms with van der Waals surface area (Å²) in [5, 5.41) is 0. The van der Waals surface area contributed by atoms with E-state index in [0.717, 1.165) is 5.56 Å². The van der Waals surface area contributed by atoms with Gasteiger partial charge in [-0.15, -0.1) is 13.2 Å². The van der Waals surface area contributed by atoms with Gasteiger partial charge >= 0.3 is 6.36 Å². The molecule has 0 aliphatic carbocycles. The second-order valence-electron chi connectivity index (χ2n) is 4.45. The highest BCUT2D eigenvalue weighted by molar-refractivity contribution is 5.77. The molecule has 0 saturated carbocycles. The number of rotatable bonds is 3. The lowest BCUT2D eigenvalue weighted by atomic mass is 9.98. The van der Waals surface area contributed by atoms with Gasteiger partial charge in [-0.2, -0.15) is 0 Å². The Balaban J connectivity index is 2.57. The molecule has 2 N–H and O–H groups in total. The molecule has 0 saturated heterocycles. The van der Waals surface area contributed by atoms with Gasteiger partial charge in [-0.25, -0.2) is 0 Å². The molecule has 21 heavy (non-hydrogen) atoms. The SMILES string of the molecule is COc1cc(-c2ccccc2OC(F)(F)F)c(C)cc1N. The lowest BCUT2D eigenvalue weighted by Gasteiger charge is -2.16. The van der Waals surface area contributed by atoms with Gasteiger partial charge in [0.25, 0.3) is 0 Å². The van der Waals surface area contributed by atoms with Gasteiger partial charge in [-0.3, -0.25) is 0 Å². The normalized spacial score (nSPS) is 11.3. The van der Waals surface area contributed by atoms with Gasteiger partial charge in [-0.05, 0) is 36.2 Å². The van der Waals surface area contributed by atoms with Gasteiger partial charge in [0.1, 0.15) is 11.5 Å². The highest BCUT2D eigenvalue weighted by Gasteiger charge is 2.32. The van der Waals surface area contributed by atoms with Gasteiger partial charge in [0.2, 0.25) is 0 Å². The molecule has 6 heteroatoms. The highest BCUT2D eigenvalue weighted by Crippen LogP contribution is 2.38. The fraction of sp³-hybridized carbons (Fsp3) is 0.200. The molecule has 0 bridgehead atoms. The fourth-order valence-corrected chi connectivity index (χ4v) is 2.08. The molecular formula is C15H14F3NO2. The van der Waals surface area contributed by atoms with Crippen molar-refractivity contribution in [1.82, 2.24) is 0 Å². The fourth-order valence-electron chi connectivity index (χ4n) is 2.08. The van der Waals surface area contributed by atoms with Crippen LogP contribution < -0.4 is 15.2 Å². The summed E-state index contributed by atoms with van der Waals surface area (Å²) in [6.45, 7) is 1.76. The first kappa shape index (κ1) is 15.0. The van der Waals surface area contributed by atoms with E-state index in [1.165, 1.54) is 19.2 Å². The van der Waals surface area contributed by atoms with Crippen LogP contribution in [-0.4, -0.2) is 13.5 Å². The summed E-state index contributed by atoms with van der Waals surface area (Å²) in [5.41, 5.74) is 7.83. The van der Waals surface area contributed by atoms with Crippen LogP contribution in [0.4, 0.5) is 18.9 Å². The van der Waals surface area contributed by atoms with Crippen molar-refractivity contribution in [3.05, 3.63) is 42.0 Å². The van der Waals surface area contributed by atoms with Crippen LogP contribution in [0.2, 0.25) is 0 Å². The van der Waals surface area contributed by atoms with Gasteiger partial charge < -0.3 is 15.2 Å². The number of anilines is 1. The van der Waals surface area contributed by atoms with Crippen molar-refractivity contribution >= 4 is 5.69 Å². The molecule has 2 aromatic carbocycles. The summed E-state index contributed by atoms with van der Waals surface area (Å²) < 4.78 is 46.6. The number of hydrogen-bond acceptors (Lipinski definition) is 3. The van der Waals surface area contributed by atoms with E-state index in [0.29, 0.717) is 22.6 Å². The zero-order valence-electron chi connectivity index (χ0n) is 11.5. The molecule has 0 fully saturated rings. The molecule has 3 nitrogen and oxygen atoms in total. The molecule has 0 unspecified atom stereocenters. The van der Waals surface area contributed by atoms with Crippen LogP contribution in [0.5, 0.6) is 11.5 Å². The summed E-state index contributed by atoms with van der Waals surface area (Å²) >= 11 is 0. The topological polar surface area (TPSA) is 44.5 Å². The number of nitrogen functional groups attached to an aromatic ring is 1. The molecule has 0 aliphatic heterocycles. The number of halogens is 3. The van der Waals surface area contributed by atoms with E-state index in [2.05, 4.69) is 4.74 Å². The van der Waals surface area contributed by atoms with Crippen molar-refractivity contribution in [1.29, 1.82) is 0 Å². The Morgan fingerprint density at radius 1 is 1.00 bits per heavy atom. The third-order valence-electron chi connectivity index (χ3n) is 2.98. The van der Waals surface area contributed by atoms with Crippen LogP contribution in [0.15, 0.2) is 36.4 Å². The minimum absolute atomic E-state index is 0.264. The summed E-state index contributed by atoms with van der Waals surface area (Å²) in [7, 11) is 1.45. The first-order valence-electron chi connectivity index (χ1n) is 6.11. The molecule has 2 rings (SSSR count). The lowest BCUT2D eigenvalue weighted by Crippen LogP contribution is -2.17.